The van der Waals surface area contributed by atoms with E-state index >= 15 is 0 Å². The molecular formula is C27H24N2O. The number of carbonyl (C=O) groups excluding carboxylic acids is 1. The molecule has 30 heavy (non-hydrogen) atoms. The maximum Gasteiger partial charge on any atom is 0.242 e. The van der Waals surface area contributed by atoms with Gasteiger partial charge in [0.2, 0.25) is 5.91 Å². The summed E-state index contributed by atoms with van der Waals surface area (Å²) in [6.07, 6.45) is 0. The van der Waals surface area contributed by atoms with Gasteiger partial charge in [-0.3, -0.25) is 4.79 Å². The van der Waals surface area contributed by atoms with E-state index in [1.807, 2.05) is 121 Å². The molecule has 0 radical (unpaired) electrons. The molecule has 0 unspecified atom stereocenters. The van der Waals surface area contributed by atoms with Gasteiger partial charge in [-0.15, -0.1) is 0 Å². The highest BCUT2D eigenvalue weighted by molar-refractivity contribution is 5.85. The van der Waals surface area contributed by atoms with Gasteiger partial charge in [-0.25, -0.2) is 0 Å². The monoisotopic (exact) mass is 392 g/mol. The van der Waals surface area contributed by atoms with E-state index in [1.165, 1.54) is 0 Å². The van der Waals surface area contributed by atoms with Crippen LogP contribution in [-0.4, -0.2) is 5.91 Å². The van der Waals surface area contributed by atoms with Crippen molar-refractivity contribution in [2.75, 3.05) is 0 Å². The van der Waals surface area contributed by atoms with Crippen LogP contribution >= 0.6 is 0 Å². The SMILES string of the molecule is N[C@H](C(=O)NC(c1ccccc1)(c1ccccc1)c1ccccc1)c1ccccc1. The molecule has 4 aromatic carbocycles. The zero-order valence-corrected chi connectivity index (χ0v) is 16.6. The molecule has 0 aliphatic rings. The summed E-state index contributed by atoms with van der Waals surface area (Å²) in [5.41, 5.74) is 9.18. The van der Waals surface area contributed by atoms with Gasteiger partial charge in [-0.1, -0.05) is 121 Å². The lowest BCUT2D eigenvalue weighted by Crippen LogP contribution is -2.50. The Labute approximate surface area is 177 Å². The molecule has 0 spiro atoms. The van der Waals surface area contributed by atoms with E-state index in [0.29, 0.717) is 0 Å². The van der Waals surface area contributed by atoms with Crippen molar-refractivity contribution in [3.8, 4) is 0 Å². The lowest BCUT2D eigenvalue weighted by molar-refractivity contribution is -0.123. The van der Waals surface area contributed by atoms with Gasteiger partial charge in [0.25, 0.3) is 0 Å². The van der Waals surface area contributed by atoms with E-state index in [2.05, 4.69) is 5.32 Å². The molecule has 0 saturated heterocycles. The number of nitrogens with one attached hydrogen (secondary N) is 1. The number of rotatable bonds is 6. The standard InChI is InChI=1S/C27H24N2O/c28-25(21-13-5-1-6-14-21)26(30)29-27(22-15-7-2-8-16-22,23-17-9-3-10-18-23)24-19-11-4-12-20-24/h1-20,25H,28H2,(H,29,30)/t25-/m0/s1. The average molecular weight is 393 g/mol. The fourth-order valence-corrected chi connectivity index (χ4v) is 3.86. The second-order valence-electron chi connectivity index (χ2n) is 7.23. The molecule has 0 aromatic heterocycles. The Morgan fingerprint density at radius 3 is 1.30 bits per heavy atom. The summed E-state index contributed by atoms with van der Waals surface area (Å²) in [6, 6.07) is 38.7. The topological polar surface area (TPSA) is 55.1 Å². The highest BCUT2D eigenvalue weighted by atomic mass is 16.2. The Morgan fingerprint density at radius 2 is 0.933 bits per heavy atom. The van der Waals surface area contributed by atoms with Crippen molar-refractivity contribution in [3.05, 3.63) is 144 Å². The molecule has 3 N–H and O–H groups in total. The van der Waals surface area contributed by atoms with Crippen molar-refractivity contribution in [2.24, 2.45) is 5.73 Å². The molecule has 0 aliphatic heterocycles. The third-order valence-corrected chi connectivity index (χ3v) is 5.37. The minimum absolute atomic E-state index is 0.238. The molecular weight excluding hydrogens is 368 g/mol. The number of hydrogen-bond donors (Lipinski definition) is 2. The van der Waals surface area contributed by atoms with Crippen molar-refractivity contribution in [1.29, 1.82) is 0 Å². The van der Waals surface area contributed by atoms with Gasteiger partial charge in [0.1, 0.15) is 11.6 Å². The average Bonchev–Trinajstić information content (AvgIpc) is 2.84. The fourth-order valence-electron chi connectivity index (χ4n) is 3.86. The van der Waals surface area contributed by atoms with Crippen molar-refractivity contribution >= 4 is 5.91 Å². The maximum absolute atomic E-state index is 13.4. The van der Waals surface area contributed by atoms with Crippen LogP contribution in [0.3, 0.4) is 0 Å². The van der Waals surface area contributed by atoms with E-state index in [4.69, 9.17) is 5.73 Å². The van der Waals surface area contributed by atoms with Crippen LogP contribution in [0.1, 0.15) is 28.3 Å². The van der Waals surface area contributed by atoms with E-state index in [-0.39, 0.29) is 5.91 Å². The van der Waals surface area contributed by atoms with Gasteiger partial charge in [-0.05, 0) is 22.3 Å². The number of hydrogen-bond acceptors (Lipinski definition) is 2. The number of nitrogens with two attached hydrogens (primary N) is 1. The zero-order valence-electron chi connectivity index (χ0n) is 16.6. The molecule has 1 amide bonds. The van der Waals surface area contributed by atoms with Gasteiger partial charge in [0.05, 0.1) is 0 Å². The van der Waals surface area contributed by atoms with Gasteiger partial charge in [-0.2, -0.15) is 0 Å². The Kier molecular flexibility index (Phi) is 5.73. The van der Waals surface area contributed by atoms with E-state index in [1.54, 1.807) is 0 Å². The first-order valence-electron chi connectivity index (χ1n) is 10.0. The van der Waals surface area contributed by atoms with Crippen LogP contribution in [0.4, 0.5) is 0 Å². The first-order chi connectivity index (χ1) is 14.7. The smallest absolute Gasteiger partial charge is 0.242 e. The predicted octanol–water partition coefficient (Wildman–Crippen LogP) is 4.79. The highest BCUT2D eigenvalue weighted by Crippen LogP contribution is 2.37. The maximum atomic E-state index is 13.4. The van der Waals surface area contributed by atoms with Crippen molar-refractivity contribution < 1.29 is 4.79 Å². The van der Waals surface area contributed by atoms with E-state index in [9.17, 15) is 4.79 Å². The van der Waals surface area contributed by atoms with Gasteiger partial charge in [0, 0.05) is 0 Å². The first-order valence-corrected chi connectivity index (χ1v) is 10.0. The molecule has 3 nitrogen and oxygen atoms in total. The Bertz CT molecular complexity index is 984. The minimum atomic E-state index is -0.868. The molecule has 148 valence electrons. The Morgan fingerprint density at radius 1 is 0.600 bits per heavy atom. The molecule has 0 saturated carbocycles. The van der Waals surface area contributed by atoms with Crippen LogP contribution in [0.2, 0.25) is 0 Å². The molecule has 4 aromatic rings. The van der Waals surface area contributed by atoms with Crippen LogP contribution < -0.4 is 11.1 Å². The van der Waals surface area contributed by atoms with Crippen molar-refractivity contribution in [3.63, 3.8) is 0 Å². The summed E-state index contributed by atoms with van der Waals surface area (Å²) in [5.74, 6) is -0.238. The summed E-state index contributed by atoms with van der Waals surface area (Å²) >= 11 is 0. The number of carbonyl (C=O) groups is 1. The van der Waals surface area contributed by atoms with Gasteiger partial charge in [0.15, 0.2) is 0 Å². The molecule has 0 bridgehead atoms. The number of benzene rings is 4. The third-order valence-electron chi connectivity index (χ3n) is 5.37. The van der Waals surface area contributed by atoms with Crippen LogP contribution in [-0.2, 0) is 10.3 Å². The van der Waals surface area contributed by atoms with Crippen molar-refractivity contribution in [2.45, 2.75) is 11.6 Å². The summed E-state index contributed by atoms with van der Waals surface area (Å²) in [5, 5.41) is 3.31. The van der Waals surface area contributed by atoms with Crippen molar-refractivity contribution in [1.82, 2.24) is 5.32 Å². The quantitative estimate of drug-likeness (QED) is 0.463. The first kappa shape index (κ1) is 19.6. The summed E-state index contributed by atoms with van der Waals surface area (Å²) in [7, 11) is 0. The van der Waals surface area contributed by atoms with Gasteiger partial charge >= 0.3 is 0 Å². The summed E-state index contributed by atoms with van der Waals surface area (Å²) < 4.78 is 0. The third kappa shape index (κ3) is 3.76. The Balaban J connectivity index is 1.88. The minimum Gasteiger partial charge on any atom is -0.337 e. The second-order valence-corrected chi connectivity index (χ2v) is 7.23. The lowest BCUT2D eigenvalue weighted by Gasteiger charge is -2.37. The van der Waals surface area contributed by atoms with Crippen LogP contribution in [0.5, 0.6) is 0 Å². The van der Waals surface area contributed by atoms with E-state index < -0.39 is 11.6 Å². The van der Waals surface area contributed by atoms with Gasteiger partial charge < -0.3 is 11.1 Å². The summed E-state index contributed by atoms with van der Waals surface area (Å²) in [4.78, 5) is 13.4. The van der Waals surface area contributed by atoms with Crippen LogP contribution in [0, 0.1) is 0 Å². The zero-order chi connectivity index (χ0) is 20.8. The molecule has 1 atom stereocenters. The molecule has 0 heterocycles. The second kappa shape index (κ2) is 8.76. The Hall–Kier alpha value is -3.69. The highest BCUT2D eigenvalue weighted by Gasteiger charge is 2.38. The largest absolute Gasteiger partial charge is 0.337 e. The molecule has 4 rings (SSSR count). The molecule has 3 heteroatoms. The lowest BCUT2D eigenvalue weighted by atomic mass is 9.76. The fraction of sp³-hybridized carbons (Fsp3) is 0.0741. The summed E-state index contributed by atoms with van der Waals surface area (Å²) in [6.45, 7) is 0. The van der Waals surface area contributed by atoms with Crippen LogP contribution in [0.15, 0.2) is 121 Å². The van der Waals surface area contributed by atoms with E-state index in [0.717, 1.165) is 22.3 Å². The molecule has 0 aliphatic carbocycles. The number of amides is 1. The predicted molar refractivity (Wildman–Crippen MR) is 121 cm³/mol. The normalized spacial score (nSPS) is 12.2. The molecule has 0 fully saturated rings. The van der Waals surface area contributed by atoms with Crippen LogP contribution in [0.25, 0.3) is 0 Å².